The van der Waals surface area contributed by atoms with E-state index in [1.807, 2.05) is 6.07 Å². The van der Waals surface area contributed by atoms with E-state index < -0.39 is 24.3 Å². The van der Waals surface area contributed by atoms with Gasteiger partial charge in [0.15, 0.2) is 23.0 Å². The van der Waals surface area contributed by atoms with Crippen LogP contribution in [0.1, 0.15) is 53.5 Å². The zero-order valence-corrected chi connectivity index (χ0v) is 34.7. The molecular formula is C44H43BrF4N6O6. The number of rotatable bonds is 12. The van der Waals surface area contributed by atoms with Gasteiger partial charge in [-0.2, -0.15) is 17.6 Å². The summed E-state index contributed by atoms with van der Waals surface area (Å²) in [5.74, 6) is 7.80. The zero-order valence-electron chi connectivity index (χ0n) is 33.1. The van der Waals surface area contributed by atoms with Crippen molar-refractivity contribution in [3.05, 3.63) is 129 Å². The van der Waals surface area contributed by atoms with E-state index in [9.17, 15) is 27.2 Å². The number of terminal acetylenes is 1. The minimum Gasteiger partial charge on any atom is -0.435 e. The molecule has 2 amide bonds. The third-order valence-corrected chi connectivity index (χ3v) is 9.66. The topological polar surface area (TPSA) is 176 Å². The normalized spacial score (nSPS) is 17.9. The maximum atomic E-state index is 13.2. The Kier molecular flexibility index (Phi) is 16.8. The van der Waals surface area contributed by atoms with Crippen LogP contribution in [0.4, 0.5) is 17.6 Å². The summed E-state index contributed by atoms with van der Waals surface area (Å²) >= 11 is 3.39. The molecule has 0 bridgehead atoms. The Morgan fingerprint density at radius 2 is 1.15 bits per heavy atom. The molecule has 0 saturated carbocycles. The SMILES string of the molecule is C#CCCCO.CN1C(=O)C(c2ccc(OC(F)F)cc2)(c2cccc(Br)c2)N=C1N.CN1C(=O)C(c2ccc(OC(F)F)cc2)(c2cccc(C#CCCCO)c2)N=C1N. The van der Waals surface area contributed by atoms with Crippen molar-refractivity contribution in [1.29, 1.82) is 0 Å². The fourth-order valence-corrected chi connectivity index (χ4v) is 6.57. The Labute approximate surface area is 359 Å². The second-order valence-corrected chi connectivity index (χ2v) is 14.1. The van der Waals surface area contributed by atoms with E-state index in [2.05, 4.69) is 53.1 Å². The van der Waals surface area contributed by atoms with Crippen LogP contribution in [-0.4, -0.2) is 84.3 Å². The average molecular weight is 908 g/mol. The van der Waals surface area contributed by atoms with E-state index >= 15 is 0 Å². The number of nitrogens with two attached hydrogens (primary N) is 2. The number of aliphatic hydroxyl groups is 2. The van der Waals surface area contributed by atoms with Crippen LogP contribution in [0.5, 0.6) is 11.5 Å². The van der Waals surface area contributed by atoms with Crippen molar-refractivity contribution in [3.8, 4) is 35.7 Å². The number of nitrogens with zero attached hydrogens (tertiary/aromatic N) is 4. The number of hydrogen-bond acceptors (Lipinski definition) is 10. The van der Waals surface area contributed by atoms with Gasteiger partial charge in [-0.15, -0.1) is 12.3 Å². The van der Waals surface area contributed by atoms with Crippen molar-refractivity contribution in [3.63, 3.8) is 0 Å². The predicted molar refractivity (Wildman–Crippen MR) is 225 cm³/mol. The van der Waals surface area contributed by atoms with Gasteiger partial charge in [0.25, 0.3) is 11.8 Å². The van der Waals surface area contributed by atoms with Crippen molar-refractivity contribution < 1.29 is 46.8 Å². The number of benzene rings is 4. The highest BCUT2D eigenvalue weighted by atomic mass is 79.9. The fourth-order valence-electron chi connectivity index (χ4n) is 6.17. The summed E-state index contributed by atoms with van der Waals surface area (Å²) in [4.78, 5) is 37.6. The first-order valence-corrected chi connectivity index (χ1v) is 19.3. The zero-order chi connectivity index (χ0) is 44.7. The number of aliphatic hydroxyl groups excluding tert-OH is 2. The monoisotopic (exact) mass is 906 g/mol. The number of ether oxygens (including phenoxy) is 2. The number of amides is 2. The first-order chi connectivity index (χ1) is 29.1. The molecule has 0 radical (unpaired) electrons. The van der Waals surface area contributed by atoms with Crippen LogP contribution in [0.25, 0.3) is 0 Å². The Morgan fingerprint density at radius 3 is 1.52 bits per heavy atom. The van der Waals surface area contributed by atoms with E-state index in [1.54, 1.807) is 42.5 Å². The number of unbranched alkanes of at least 4 members (excludes halogenated alkanes) is 2. The molecule has 6 rings (SSSR count). The third kappa shape index (κ3) is 11.3. The van der Waals surface area contributed by atoms with Crippen LogP contribution < -0.4 is 20.9 Å². The number of carbonyl (C=O) groups excluding carboxylic acids is 2. The number of aliphatic imine (C=N–C) groups is 2. The van der Waals surface area contributed by atoms with Crippen LogP contribution in [0, 0.1) is 24.2 Å². The molecule has 2 atom stereocenters. The standard InChI is InChI=1S/C22H21F2N3O3.C17H14BrF2N3O2.C5H8O/c1-27-19(29)22(26-21(27)25,16-9-11-18(12-10-16)30-20(23)24)17-8-5-7-15(14-17)6-3-2-4-13-28;1-23-14(24)17(22-16(23)21,11-3-2-4-12(18)9-11)10-5-7-13(8-6-10)25-15(19)20;1-2-3-4-5-6/h5,7-12,14,20,28H,2,4,13H2,1H3,(H2,25,26);2-9,15H,1H3,(H2,21,22);1,6H,3-5H2. The minimum absolute atomic E-state index is 0.00102. The number of guanidine groups is 2. The molecule has 0 fully saturated rings. The lowest BCUT2D eigenvalue weighted by molar-refractivity contribution is -0.130. The van der Waals surface area contributed by atoms with Gasteiger partial charge >= 0.3 is 13.2 Å². The van der Waals surface area contributed by atoms with Crippen LogP contribution in [0.15, 0.2) is 112 Å². The maximum absolute atomic E-state index is 13.2. The van der Waals surface area contributed by atoms with Gasteiger partial charge in [0.1, 0.15) is 11.5 Å². The summed E-state index contributed by atoms with van der Waals surface area (Å²) < 4.78 is 59.2. The van der Waals surface area contributed by atoms with E-state index in [0.717, 1.165) is 10.9 Å². The van der Waals surface area contributed by atoms with Gasteiger partial charge in [0.05, 0.1) is 0 Å². The van der Waals surface area contributed by atoms with Gasteiger partial charge in [0, 0.05) is 50.2 Å². The van der Waals surface area contributed by atoms with E-state index in [1.165, 1.54) is 72.4 Å². The summed E-state index contributed by atoms with van der Waals surface area (Å²) in [5.41, 5.74) is 11.8. The van der Waals surface area contributed by atoms with Gasteiger partial charge in [-0.25, -0.2) is 9.98 Å². The first-order valence-electron chi connectivity index (χ1n) is 18.5. The highest BCUT2D eigenvalue weighted by molar-refractivity contribution is 9.10. The number of hydrogen-bond donors (Lipinski definition) is 4. The van der Waals surface area contributed by atoms with Gasteiger partial charge in [-0.1, -0.05) is 76.3 Å². The molecule has 2 unspecified atom stereocenters. The Hall–Kier alpha value is -6.40. The summed E-state index contributed by atoms with van der Waals surface area (Å²) in [7, 11) is 3.06. The molecule has 2 heterocycles. The quantitative estimate of drug-likeness (QED) is 0.0771. The molecule has 2 aliphatic rings. The van der Waals surface area contributed by atoms with Gasteiger partial charge in [-0.05, 0) is 83.6 Å². The Balaban J connectivity index is 0.000000240. The van der Waals surface area contributed by atoms with Gasteiger partial charge < -0.3 is 31.2 Å². The molecule has 0 spiro atoms. The number of carbonyl (C=O) groups is 2. The summed E-state index contributed by atoms with van der Waals surface area (Å²) in [5, 5.41) is 17.0. The second kappa shape index (κ2) is 21.7. The van der Waals surface area contributed by atoms with Crippen LogP contribution >= 0.6 is 15.9 Å². The number of likely N-dealkylation sites (N-methyl/N-ethyl adjacent to an activating group) is 2. The molecule has 4 aromatic rings. The first kappa shape index (κ1) is 47.3. The van der Waals surface area contributed by atoms with Crippen LogP contribution in [0.3, 0.4) is 0 Å². The lowest BCUT2D eigenvalue weighted by Gasteiger charge is -2.26. The molecule has 0 aliphatic carbocycles. The maximum Gasteiger partial charge on any atom is 0.387 e. The molecule has 61 heavy (non-hydrogen) atoms. The lowest BCUT2D eigenvalue weighted by atomic mass is 9.82. The predicted octanol–water partition coefficient (Wildman–Crippen LogP) is 5.92. The molecule has 12 nitrogen and oxygen atoms in total. The molecule has 4 aromatic carbocycles. The van der Waals surface area contributed by atoms with E-state index in [0.29, 0.717) is 47.1 Å². The smallest absolute Gasteiger partial charge is 0.387 e. The van der Waals surface area contributed by atoms with Crippen molar-refractivity contribution in [2.24, 2.45) is 21.5 Å². The molecule has 320 valence electrons. The molecule has 6 N–H and O–H groups in total. The molecular weight excluding hydrogens is 864 g/mol. The van der Waals surface area contributed by atoms with E-state index in [-0.39, 0.29) is 48.4 Å². The van der Waals surface area contributed by atoms with Crippen molar-refractivity contribution >= 4 is 39.7 Å². The van der Waals surface area contributed by atoms with Crippen LogP contribution in [-0.2, 0) is 20.7 Å². The molecule has 0 aromatic heterocycles. The van der Waals surface area contributed by atoms with Crippen molar-refractivity contribution in [1.82, 2.24) is 9.80 Å². The number of halogens is 5. The Bertz CT molecular complexity index is 2310. The largest absolute Gasteiger partial charge is 0.435 e. The number of alkyl halides is 4. The summed E-state index contributed by atoms with van der Waals surface area (Å²) in [6.45, 7) is -5.58. The van der Waals surface area contributed by atoms with Crippen molar-refractivity contribution in [2.75, 3.05) is 27.3 Å². The highest BCUT2D eigenvalue weighted by Crippen LogP contribution is 2.42. The molecule has 0 saturated heterocycles. The second-order valence-electron chi connectivity index (χ2n) is 13.1. The van der Waals surface area contributed by atoms with Crippen LogP contribution in [0.2, 0.25) is 0 Å². The van der Waals surface area contributed by atoms with E-state index in [4.69, 9.17) is 28.1 Å². The molecule has 17 heteroatoms. The average Bonchev–Trinajstić information content (AvgIpc) is 3.62. The van der Waals surface area contributed by atoms with Gasteiger partial charge in [-0.3, -0.25) is 19.4 Å². The highest BCUT2D eigenvalue weighted by Gasteiger charge is 2.50. The fraction of sp³-hybridized carbons (Fsp3) is 0.273. The minimum atomic E-state index is -2.95. The Morgan fingerprint density at radius 1 is 0.705 bits per heavy atom. The third-order valence-electron chi connectivity index (χ3n) is 9.17. The van der Waals surface area contributed by atoms with Gasteiger partial charge in [0.2, 0.25) is 0 Å². The van der Waals surface area contributed by atoms with Crippen molar-refractivity contribution in [2.45, 2.75) is 50.0 Å². The summed E-state index contributed by atoms with van der Waals surface area (Å²) in [6, 6.07) is 25.8. The molecule has 2 aliphatic heterocycles. The summed E-state index contributed by atoms with van der Waals surface area (Å²) in [6.07, 6.45) is 7.40. The lowest BCUT2D eigenvalue weighted by Crippen LogP contribution is -2.41.